The number of hydrogen-bond acceptors (Lipinski definition) is 6. The molecular formula is C14H17N3O3S. The van der Waals surface area contributed by atoms with Gasteiger partial charge in [0.1, 0.15) is 11.0 Å². The fourth-order valence-electron chi connectivity index (χ4n) is 1.86. The van der Waals surface area contributed by atoms with Crippen molar-refractivity contribution in [3.63, 3.8) is 0 Å². The van der Waals surface area contributed by atoms with E-state index in [1.165, 1.54) is 18.9 Å². The third-order valence-electron chi connectivity index (χ3n) is 2.94. The normalized spacial score (nSPS) is 12.1. The fourth-order valence-corrected chi connectivity index (χ4v) is 2.74. The van der Waals surface area contributed by atoms with Gasteiger partial charge in [-0.2, -0.15) is 0 Å². The van der Waals surface area contributed by atoms with Gasteiger partial charge in [0.2, 0.25) is 0 Å². The maximum absolute atomic E-state index is 11.5. The summed E-state index contributed by atoms with van der Waals surface area (Å²) < 4.78 is 11.9. The highest BCUT2D eigenvalue weighted by Crippen LogP contribution is 2.29. The van der Waals surface area contributed by atoms with E-state index in [-0.39, 0.29) is 11.2 Å². The Morgan fingerprint density at radius 2 is 2.38 bits per heavy atom. The van der Waals surface area contributed by atoms with Gasteiger partial charge in [0, 0.05) is 6.54 Å². The van der Waals surface area contributed by atoms with E-state index in [2.05, 4.69) is 16.8 Å². The van der Waals surface area contributed by atoms with Gasteiger partial charge >= 0.3 is 5.97 Å². The second-order valence-electron chi connectivity index (χ2n) is 4.38. The second kappa shape index (κ2) is 6.62. The largest absolute Gasteiger partial charge is 0.469 e. The molecule has 1 atom stereocenters. The molecule has 0 saturated carbocycles. The topological polar surface area (TPSA) is 70.2 Å². The maximum atomic E-state index is 11.5. The van der Waals surface area contributed by atoms with Crippen LogP contribution in [0, 0.1) is 6.92 Å². The summed E-state index contributed by atoms with van der Waals surface area (Å²) in [6, 6.07) is 1.84. The quantitative estimate of drug-likeness (QED) is 0.464. The van der Waals surface area contributed by atoms with Crippen molar-refractivity contribution in [2.75, 3.05) is 7.11 Å². The van der Waals surface area contributed by atoms with Crippen LogP contribution in [0.5, 0.6) is 0 Å². The highest BCUT2D eigenvalue weighted by Gasteiger charge is 2.21. The van der Waals surface area contributed by atoms with Crippen LogP contribution in [0.1, 0.15) is 12.7 Å². The van der Waals surface area contributed by atoms with Crippen LogP contribution in [0.3, 0.4) is 0 Å². The lowest BCUT2D eigenvalue weighted by molar-refractivity contribution is -0.139. The van der Waals surface area contributed by atoms with E-state index in [1.807, 2.05) is 17.6 Å². The number of allylic oxidation sites excluding steroid dienone is 1. The van der Waals surface area contributed by atoms with Crippen LogP contribution in [-0.2, 0) is 16.1 Å². The lowest BCUT2D eigenvalue weighted by atomic mass is 10.2. The van der Waals surface area contributed by atoms with Gasteiger partial charge in [-0.05, 0) is 19.9 Å². The summed E-state index contributed by atoms with van der Waals surface area (Å²) >= 11 is 1.30. The average molecular weight is 307 g/mol. The molecule has 0 aliphatic heterocycles. The zero-order chi connectivity index (χ0) is 15.4. The molecule has 2 aromatic rings. The van der Waals surface area contributed by atoms with E-state index in [0.29, 0.717) is 17.5 Å². The molecule has 0 aromatic carbocycles. The Kier molecular flexibility index (Phi) is 4.85. The molecule has 0 N–H and O–H groups in total. The van der Waals surface area contributed by atoms with Gasteiger partial charge in [-0.1, -0.05) is 17.8 Å². The highest BCUT2D eigenvalue weighted by atomic mass is 32.2. The number of carbonyl (C=O) groups is 1. The summed E-state index contributed by atoms with van der Waals surface area (Å²) in [5.74, 6) is 1.17. The van der Waals surface area contributed by atoms with Crippen molar-refractivity contribution >= 4 is 17.7 Å². The van der Waals surface area contributed by atoms with Crippen molar-refractivity contribution in [3.05, 3.63) is 30.7 Å². The number of thioether (sulfide) groups is 1. The van der Waals surface area contributed by atoms with Crippen LogP contribution in [0.25, 0.3) is 11.4 Å². The number of hydrogen-bond donors (Lipinski definition) is 0. The number of rotatable bonds is 6. The Bertz CT molecular complexity index is 648. The zero-order valence-corrected chi connectivity index (χ0v) is 13.0. The van der Waals surface area contributed by atoms with Gasteiger partial charge in [0.05, 0.1) is 18.9 Å². The SMILES string of the molecule is C=CCn1c(SC(C)C(=O)OC)nnc1-c1ccoc1C. The van der Waals surface area contributed by atoms with Gasteiger partial charge in [-0.25, -0.2) is 0 Å². The lowest BCUT2D eigenvalue weighted by Crippen LogP contribution is -2.15. The monoisotopic (exact) mass is 307 g/mol. The number of aromatic nitrogens is 3. The number of methoxy groups -OCH3 is 1. The standard InChI is InChI=1S/C14H17N3O3S/c1-5-7-17-12(11-6-8-20-9(11)2)15-16-14(17)21-10(3)13(18)19-4/h5-6,8,10H,1,7H2,2-4H3. The summed E-state index contributed by atoms with van der Waals surface area (Å²) in [6.45, 7) is 7.93. The predicted molar refractivity (Wildman–Crippen MR) is 80.0 cm³/mol. The first-order valence-electron chi connectivity index (χ1n) is 6.41. The van der Waals surface area contributed by atoms with Crippen LogP contribution in [0.15, 0.2) is 34.6 Å². The van der Waals surface area contributed by atoms with Gasteiger partial charge in [0.15, 0.2) is 11.0 Å². The zero-order valence-electron chi connectivity index (χ0n) is 12.2. The highest BCUT2D eigenvalue weighted by molar-refractivity contribution is 8.00. The minimum atomic E-state index is -0.360. The number of carbonyl (C=O) groups excluding carboxylic acids is 1. The summed E-state index contributed by atoms with van der Waals surface area (Å²) in [5.41, 5.74) is 0.877. The first kappa shape index (κ1) is 15.4. The molecule has 0 saturated heterocycles. The van der Waals surface area contributed by atoms with E-state index in [9.17, 15) is 4.79 Å². The molecule has 0 aliphatic carbocycles. The van der Waals surface area contributed by atoms with Gasteiger partial charge in [-0.3, -0.25) is 9.36 Å². The van der Waals surface area contributed by atoms with Crippen LogP contribution in [0.4, 0.5) is 0 Å². The number of esters is 1. The average Bonchev–Trinajstić information content (AvgIpc) is 3.05. The van der Waals surface area contributed by atoms with E-state index in [0.717, 1.165) is 11.3 Å². The third kappa shape index (κ3) is 3.18. The smallest absolute Gasteiger partial charge is 0.318 e. The number of nitrogens with zero attached hydrogens (tertiary/aromatic N) is 3. The molecular weight excluding hydrogens is 290 g/mol. The van der Waals surface area contributed by atoms with E-state index in [4.69, 9.17) is 9.15 Å². The Hall–Kier alpha value is -2.02. The molecule has 2 aromatic heterocycles. The van der Waals surface area contributed by atoms with Crippen LogP contribution < -0.4 is 0 Å². The molecule has 0 fully saturated rings. The Morgan fingerprint density at radius 1 is 1.62 bits per heavy atom. The molecule has 2 rings (SSSR count). The molecule has 0 bridgehead atoms. The summed E-state index contributed by atoms with van der Waals surface area (Å²) in [4.78, 5) is 11.5. The molecule has 0 spiro atoms. The molecule has 112 valence electrons. The maximum Gasteiger partial charge on any atom is 0.318 e. The first-order valence-corrected chi connectivity index (χ1v) is 7.29. The van der Waals surface area contributed by atoms with Crippen molar-refractivity contribution in [1.29, 1.82) is 0 Å². The number of aryl methyl sites for hydroxylation is 1. The van der Waals surface area contributed by atoms with Crippen molar-refractivity contribution in [1.82, 2.24) is 14.8 Å². The molecule has 0 aliphatic rings. The van der Waals surface area contributed by atoms with Crippen LogP contribution in [-0.4, -0.2) is 33.1 Å². The third-order valence-corrected chi connectivity index (χ3v) is 4.00. The van der Waals surface area contributed by atoms with E-state index >= 15 is 0 Å². The van der Waals surface area contributed by atoms with Crippen molar-refractivity contribution in [3.8, 4) is 11.4 Å². The molecule has 0 amide bonds. The minimum absolute atomic E-state index is 0.297. The van der Waals surface area contributed by atoms with E-state index < -0.39 is 0 Å². The van der Waals surface area contributed by atoms with Crippen LogP contribution >= 0.6 is 11.8 Å². The van der Waals surface area contributed by atoms with Crippen molar-refractivity contribution in [2.24, 2.45) is 0 Å². The predicted octanol–water partition coefficient (Wildman–Crippen LogP) is 2.69. The summed E-state index contributed by atoms with van der Waals surface area (Å²) in [6.07, 6.45) is 3.37. The molecule has 21 heavy (non-hydrogen) atoms. The Labute approximate surface area is 127 Å². The van der Waals surface area contributed by atoms with Gasteiger partial charge in [-0.15, -0.1) is 16.8 Å². The Balaban J connectivity index is 2.35. The molecule has 2 heterocycles. The minimum Gasteiger partial charge on any atom is -0.469 e. The van der Waals surface area contributed by atoms with E-state index in [1.54, 1.807) is 19.3 Å². The molecule has 6 nitrogen and oxygen atoms in total. The van der Waals surface area contributed by atoms with Gasteiger partial charge in [0.25, 0.3) is 0 Å². The van der Waals surface area contributed by atoms with Crippen LogP contribution in [0.2, 0.25) is 0 Å². The van der Waals surface area contributed by atoms with Gasteiger partial charge < -0.3 is 9.15 Å². The molecule has 1 unspecified atom stereocenters. The summed E-state index contributed by atoms with van der Waals surface area (Å²) in [7, 11) is 1.37. The number of furan rings is 1. The fraction of sp³-hybridized carbons (Fsp3) is 0.357. The lowest BCUT2D eigenvalue weighted by Gasteiger charge is -2.10. The first-order chi connectivity index (χ1) is 10.1. The number of ether oxygens (including phenoxy) is 1. The molecule has 7 heteroatoms. The van der Waals surface area contributed by atoms with Crippen molar-refractivity contribution < 1.29 is 13.9 Å². The molecule has 0 radical (unpaired) electrons. The summed E-state index contributed by atoms with van der Waals surface area (Å²) in [5, 5.41) is 8.66. The second-order valence-corrected chi connectivity index (χ2v) is 5.69. The van der Waals surface area contributed by atoms with Crippen molar-refractivity contribution in [2.45, 2.75) is 30.8 Å². The Morgan fingerprint density at radius 3 is 2.95 bits per heavy atom.